The van der Waals surface area contributed by atoms with Crippen LogP contribution in [0.3, 0.4) is 0 Å². The smallest absolute Gasteiger partial charge is 0.407 e. The molecule has 0 aromatic carbocycles. The molecular weight excluding hydrogens is 399 g/mol. The Labute approximate surface area is 142 Å². The zero-order valence-corrected chi connectivity index (χ0v) is 15.1. The van der Waals surface area contributed by atoms with E-state index in [1.165, 1.54) is 6.33 Å². The van der Waals surface area contributed by atoms with Gasteiger partial charge in [0.05, 0.1) is 11.9 Å². The Balaban J connectivity index is 2.11. The van der Waals surface area contributed by atoms with E-state index in [2.05, 4.69) is 43.0 Å². The minimum atomic E-state index is -0.529. The standard InChI is InChI=1S/C13H19IN6O2/c1-7(18-12(21)22-13(2,3)4)5-20-11-8(9(14)19-20)10(15)16-6-17-11/h6-7H,5H2,1-4H3,(H,18,21)(H2,15,16,17)/t7-/m1/s1. The molecule has 0 saturated heterocycles. The highest BCUT2D eigenvalue weighted by Crippen LogP contribution is 2.22. The van der Waals surface area contributed by atoms with Crippen molar-refractivity contribution in [3.8, 4) is 0 Å². The van der Waals surface area contributed by atoms with Crippen molar-refractivity contribution < 1.29 is 9.53 Å². The first kappa shape index (κ1) is 16.7. The summed E-state index contributed by atoms with van der Waals surface area (Å²) in [6.45, 7) is 7.78. The van der Waals surface area contributed by atoms with Gasteiger partial charge in [0.25, 0.3) is 0 Å². The third kappa shape index (κ3) is 3.96. The second-order valence-electron chi connectivity index (χ2n) is 5.98. The molecule has 0 aliphatic carbocycles. The number of nitrogens with one attached hydrogen (secondary N) is 1. The molecule has 0 unspecified atom stereocenters. The van der Waals surface area contributed by atoms with E-state index < -0.39 is 11.7 Å². The molecule has 2 rings (SSSR count). The van der Waals surface area contributed by atoms with E-state index in [0.29, 0.717) is 18.0 Å². The normalized spacial score (nSPS) is 13.1. The van der Waals surface area contributed by atoms with E-state index in [0.717, 1.165) is 9.09 Å². The Morgan fingerprint density at radius 3 is 2.82 bits per heavy atom. The van der Waals surface area contributed by atoms with Crippen LogP contribution >= 0.6 is 22.6 Å². The lowest BCUT2D eigenvalue weighted by atomic mass is 10.2. The minimum absolute atomic E-state index is 0.176. The summed E-state index contributed by atoms with van der Waals surface area (Å²) in [6, 6.07) is -0.176. The molecule has 0 aliphatic rings. The van der Waals surface area contributed by atoms with Crippen molar-refractivity contribution in [2.75, 3.05) is 5.73 Å². The topological polar surface area (TPSA) is 108 Å². The van der Waals surface area contributed by atoms with Crippen LogP contribution in [0.4, 0.5) is 10.6 Å². The van der Waals surface area contributed by atoms with Gasteiger partial charge >= 0.3 is 6.09 Å². The molecule has 22 heavy (non-hydrogen) atoms. The van der Waals surface area contributed by atoms with E-state index in [1.54, 1.807) is 4.68 Å². The maximum absolute atomic E-state index is 11.8. The molecule has 0 saturated carbocycles. The van der Waals surface area contributed by atoms with Crippen LogP contribution in [0.15, 0.2) is 6.33 Å². The van der Waals surface area contributed by atoms with Gasteiger partial charge in [-0.3, -0.25) is 0 Å². The average Bonchev–Trinajstić information content (AvgIpc) is 2.64. The summed E-state index contributed by atoms with van der Waals surface area (Å²) in [7, 11) is 0. The van der Waals surface area contributed by atoms with E-state index in [1.807, 2.05) is 27.7 Å². The first-order valence-corrected chi connectivity index (χ1v) is 7.87. The van der Waals surface area contributed by atoms with Gasteiger partial charge in [0, 0.05) is 6.04 Å². The zero-order valence-electron chi connectivity index (χ0n) is 12.9. The molecule has 2 heterocycles. The highest BCUT2D eigenvalue weighted by Gasteiger charge is 2.19. The Kier molecular flexibility index (Phi) is 4.73. The van der Waals surface area contributed by atoms with Crippen LogP contribution in [-0.2, 0) is 11.3 Å². The fourth-order valence-corrected chi connectivity index (χ4v) is 2.71. The van der Waals surface area contributed by atoms with Gasteiger partial charge in [-0.2, -0.15) is 5.10 Å². The molecule has 2 aromatic heterocycles. The van der Waals surface area contributed by atoms with Crippen molar-refractivity contribution in [1.82, 2.24) is 25.1 Å². The predicted molar refractivity (Wildman–Crippen MR) is 91.3 cm³/mol. The number of rotatable bonds is 3. The van der Waals surface area contributed by atoms with Gasteiger partial charge in [-0.15, -0.1) is 0 Å². The monoisotopic (exact) mass is 418 g/mol. The van der Waals surface area contributed by atoms with Crippen LogP contribution < -0.4 is 11.1 Å². The number of amides is 1. The van der Waals surface area contributed by atoms with Crippen molar-refractivity contribution in [1.29, 1.82) is 0 Å². The van der Waals surface area contributed by atoms with Crippen molar-refractivity contribution in [2.24, 2.45) is 0 Å². The van der Waals surface area contributed by atoms with Crippen LogP contribution in [0.2, 0.25) is 0 Å². The molecule has 9 heteroatoms. The molecule has 2 aromatic rings. The summed E-state index contributed by atoms with van der Waals surface area (Å²) in [5.74, 6) is 0.397. The van der Waals surface area contributed by atoms with E-state index >= 15 is 0 Å². The summed E-state index contributed by atoms with van der Waals surface area (Å²) < 4.78 is 7.67. The number of aromatic nitrogens is 4. The highest BCUT2D eigenvalue weighted by molar-refractivity contribution is 14.1. The molecule has 0 bridgehead atoms. The molecule has 0 radical (unpaired) electrons. The molecule has 1 amide bonds. The maximum atomic E-state index is 11.8. The lowest BCUT2D eigenvalue weighted by Gasteiger charge is -2.22. The third-order valence-corrected chi connectivity index (χ3v) is 3.48. The Morgan fingerprint density at radius 1 is 1.50 bits per heavy atom. The van der Waals surface area contributed by atoms with Gasteiger partial charge in [0.2, 0.25) is 0 Å². The number of nitrogens with two attached hydrogens (primary N) is 1. The number of hydrogen-bond donors (Lipinski definition) is 2. The molecule has 3 N–H and O–H groups in total. The van der Waals surface area contributed by atoms with Crippen molar-refractivity contribution in [2.45, 2.75) is 45.9 Å². The van der Waals surface area contributed by atoms with Gasteiger partial charge in [-0.25, -0.2) is 19.4 Å². The fourth-order valence-electron chi connectivity index (χ4n) is 1.93. The molecule has 0 fully saturated rings. The van der Waals surface area contributed by atoms with Gasteiger partial charge in [0.1, 0.15) is 21.4 Å². The molecule has 0 aliphatic heterocycles. The number of carbonyl (C=O) groups excluding carboxylic acids is 1. The highest BCUT2D eigenvalue weighted by atomic mass is 127. The summed E-state index contributed by atoms with van der Waals surface area (Å²) in [5.41, 5.74) is 5.97. The lowest BCUT2D eigenvalue weighted by Crippen LogP contribution is -2.39. The maximum Gasteiger partial charge on any atom is 0.407 e. The first-order chi connectivity index (χ1) is 10.2. The largest absolute Gasteiger partial charge is 0.444 e. The SMILES string of the molecule is C[C@H](Cn1nc(I)c2c(N)ncnc21)NC(=O)OC(C)(C)C. The number of hydrogen-bond acceptors (Lipinski definition) is 6. The number of fused-ring (bicyclic) bond motifs is 1. The van der Waals surface area contributed by atoms with Gasteiger partial charge < -0.3 is 15.8 Å². The fraction of sp³-hybridized carbons (Fsp3) is 0.538. The molecule has 8 nitrogen and oxygen atoms in total. The van der Waals surface area contributed by atoms with Crippen LogP contribution in [-0.4, -0.2) is 37.5 Å². The molecular formula is C13H19IN6O2. The number of anilines is 1. The number of ether oxygens (including phenoxy) is 1. The number of carbonyl (C=O) groups is 1. The Hall–Kier alpha value is -1.65. The zero-order chi connectivity index (χ0) is 16.5. The molecule has 120 valence electrons. The predicted octanol–water partition coefficient (Wildman–Crippen LogP) is 1.93. The van der Waals surface area contributed by atoms with E-state index in [9.17, 15) is 4.79 Å². The van der Waals surface area contributed by atoms with Crippen LogP contribution in [0.25, 0.3) is 11.0 Å². The Bertz CT molecular complexity index is 694. The minimum Gasteiger partial charge on any atom is -0.444 e. The number of nitrogen functional groups attached to an aromatic ring is 1. The van der Waals surface area contributed by atoms with E-state index in [4.69, 9.17) is 10.5 Å². The van der Waals surface area contributed by atoms with Crippen LogP contribution in [0.1, 0.15) is 27.7 Å². The second-order valence-corrected chi connectivity index (χ2v) is 7.00. The van der Waals surface area contributed by atoms with Crippen molar-refractivity contribution >= 4 is 45.5 Å². The third-order valence-electron chi connectivity index (χ3n) is 2.73. The van der Waals surface area contributed by atoms with Crippen molar-refractivity contribution in [3.05, 3.63) is 10.0 Å². The summed E-state index contributed by atoms with van der Waals surface area (Å²) in [5, 5.41) is 7.90. The van der Waals surface area contributed by atoms with Crippen LogP contribution in [0.5, 0.6) is 0 Å². The average molecular weight is 418 g/mol. The first-order valence-electron chi connectivity index (χ1n) is 6.79. The summed E-state index contributed by atoms with van der Waals surface area (Å²) >= 11 is 2.09. The van der Waals surface area contributed by atoms with Crippen molar-refractivity contribution in [3.63, 3.8) is 0 Å². The second kappa shape index (κ2) is 6.23. The molecule has 1 atom stereocenters. The van der Waals surface area contributed by atoms with Gasteiger partial charge in [-0.1, -0.05) is 0 Å². The van der Waals surface area contributed by atoms with E-state index in [-0.39, 0.29) is 6.04 Å². The van der Waals surface area contributed by atoms with Gasteiger partial charge in [0.15, 0.2) is 5.65 Å². The lowest BCUT2D eigenvalue weighted by molar-refractivity contribution is 0.0503. The van der Waals surface area contributed by atoms with Crippen LogP contribution in [0, 0.1) is 3.70 Å². The summed E-state index contributed by atoms with van der Waals surface area (Å²) in [6.07, 6.45) is 0.943. The number of nitrogens with zero attached hydrogens (tertiary/aromatic N) is 4. The summed E-state index contributed by atoms with van der Waals surface area (Å²) in [4.78, 5) is 20.0. The van der Waals surface area contributed by atoms with Gasteiger partial charge in [-0.05, 0) is 50.3 Å². The number of alkyl carbamates (subject to hydrolysis) is 1. The number of halogens is 1. The quantitative estimate of drug-likeness (QED) is 0.738. The Morgan fingerprint density at radius 2 is 2.18 bits per heavy atom. The molecule has 0 spiro atoms.